The number of methoxy groups -OCH3 is 1. The van der Waals surface area contributed by atoms with Gasteiger partial charge in [0.1, 0.15) is 0 Å². The van der Waals surface area contributed by atoms with E-state index in [0.717, 1.165) is 10.5 Å². The van der Waals surface area contributed by atoms with Crippen molar-refractivity contribution < 1.29 is 19.1 Å². The number of hydrazine groups is 1. The molecule has 2 rings (SSSR count). The summed E-state index contributed by atoms with van der Waals surface area (Å²) in [5.41, 5.74) is 6.30. The molecule has 0 aliphatic rings. The van der Waals surface area contributed by atoms with Crippen LogP contribution in [0.25, 0.3) is 0 Å². The maximum absolute atomic E-state index is 12.3. The number of nitrogens with one attached hydrogen (secondary N) is 2. The van der Waals surface area contributed by atoms with Crippen LogP contribution in [-0.4, -0.2) is 30.8 Å². The van der Waals surface area contributed by atoms with Crippen LogP contribution in [0.4, 0.5) is 0 Å². The smallest absolute Gasteiger partial charge is 0.269 e. The second kappa shape index (κ2) is 9.87. The van der Waals surface area contributed by atoms with Gasteiger partial charge in [-0.25, -0.2) is 0 Å². The zero-order chi connectivity index (χ0) is 19.8. The van der Waals surface area contributed by atoms with Crippen molar-refractivity contribution in [3.63, 3.8) is 0 Å². The highest BCUT2D eigenvalue weighted by molar-refractivity contribution is 8.00. The van der Waals surface area contributed by atoms with E-state index in [0.29, 0.717) is 17.1 Å². The van der Waals surface area contributed by atoms with Crippen LogP contribution >= 0.6 is 11.8 Å². The van der Waals surface area contributed by atoms with Gasteiger partial charge in [-0.3, -0.25) is 20.4 Å². The molecule has 2 aromatic rings. The monoisotopic (exact) mass is 388 g/mol. The minimum Gasteiger partial charge on any atom is -0.493 e. The summed E-state index contributed by atoms with van der Waals surface area (Å²) in [5, 5.41) is 0. The molecule has 144 valence electrons. The van der Waals surface area contributed by atoms with Gasteiger partial charge in [0, 0.05) is 10.5 Å². The maximum Gasteiger partial charge on any atom is 0.269 e. The lowest BCUT2D eigenvalue weighted by molar-refractivity contribution is -0.119. The van der Waals surface area contributed by atoms with E-state index < -0.39 is 5.91 Å². The summed E-state index contributed by atoms with van der Waals surface area (Å²) in [6, 6.07) is 12.7. The minimum atomic E-state index is -0.432. The van der Waals surface area contributed by atoms with Crippen molar-refractivity contribution in [1.82, 2.24) is 10.9 Å². The minimum absolute atomic E-state index is 0.0105. The molecule has 0 saturated heterocycles. The second-order valence-corrected chi connectivity index (χ2v) is 7.11. The number of hydrogen-bond acceptors (Lipinski definition) is 5. The molecule has 0 fully saturated rings. The van der Waals surface area contributed by atoms with Crippen molar-refractivity contribution >= 4 is 23.6 Å². The summed E-state index contributed by atoms with van der Waals surface area (Å²) in [7, 11) is 1.51. The zero-order valence-corrected chi connectivity index (χ0v) is 16.7. The molecule has 0 aromatic heterocycles. The molecule has 0 radical (unpaired) electrons. The molecule has 0 atom stereocenters. The maximum atomic E-state index is 12.3. The number of benzene rings is 2. The fourth-order valence-electron chi connectivity index (χ4n) is 2.26. The summed E-state index contributed by atoms with van der Waals surface area (Å²) in [6.07, 6.45) is -0.0105. The highest BCUT2D eigenvalue weighted by atomic mass is 32.2. The molecule has 2 aromatic carbocycles. The van der Waals surface area contributed by atoms with E-state index in [1.165, 1.54) is 18.9 Å². The molecule has 27 heavy (non-hydrogen) atoms. The van der Waals surface area contributed by atoms with Crippen molar-refractivity contribution in [3.8, 4) is 11.5 Å². The first-order valence-corrected chi connectivity index (χ1v) is 9.51. The van der Waals surface area contributed by atoms with E-state index in [-0.39, 0.29) is 17.8 Å². The van der Waals surface area contributed by atoms with Crippen LogP contribution in [-0.2, 0) is 4.79 Å². The summed E-state index contributed by atoms with van der Waals surface area (Å²) in [4.78, 5) is 25.3. The molecule has 0 aliphatic carbocycles. The fourth-order valence-corrected chi connectivity index (χ4v) is 3.09. The van der Waals surface area contributed by atoms with Crippen LogP contribution in [0.5, 0.6) is 11.5 Å². The number of carbonyl (C=O) groups is 2. The molecule has 6 nitrogen and oxygen atoms in total. The third kappa shape index (κ3) is 6.21. The van der Waals surface area contributed by atoms with E-state index in [1.807, 2.05) is 45.0 Å². The van der Waals surface area contributed by atoms with Crippen molar-refractivity contribution in [1.29, 1.82) is 0 Å². The Morgan fingerprint density at radius 1 is 1.07 bits per heavy atom. The topological polar surface area (TPSA) is 76.7 Å². The Labute approximate surface area is 163 Å². The average Bonchev–Trinajstić information content (AvgIpc) is 2.65. The third-order valence-corrected chi connectivity index (χ3v) is 4.73. The Hall–Kier alpha value is -2.67. The quantitative estimate of drug-likeness (QED) is 0.562. The summed E-state index contributed by atoms with van der Waals surface area (Å²) in [5.74, 6) is 0.498. The molecule has 7 heteroatoms. The first-order valence-electron chi connectivity index (χ1n) is 8.53. The SMILES string of the molecule is COc1cc(C(=O)NNC(=O)CSc2ccccc2C)ccc1OC(C)C. The first kappa shape index (κ1) is 20.6. The molecule has 2 amide bonds. The van der Waals surface area contributed by atoms with Crippen molar-refractivity contribution in [2.75, 3.05) is 12.9 Å². The summed E-state index contributed by atoms with van der Waals surface area (Å²) < 4.78 is 10.9. The number of thioether (sulfide) groups is 1. The Balaban J connectivity index is 1.89. The lowest BCUT2D eigenvalue weighted by atomic mass is 10.2. The van der Waals surface area contributed by atoms with Crippen LogP contribution in [0, 0.1) is 6.92 Å². The Morgan fingerprint density at radius 3 is 2.48 bits per heavy atom. The number of rotatable bonds is 7. The third-order valence-electron chi connectivity index (χ3n) is 3.56. The van der Waals surface area contributed by atoms with E-state index in [4.69, 9.17) is 9.47 Å². The van der Waals surface area contributed by atoms with E-state index >= 15 is 0 Å². The molecule has 0 saturated carbocycles. The molecule has 0 aliphatic heterocycles. The second-order valence-electron chi connectivity index (χ2n) is 6.09. The Bertz CT molecular complexity index is 808. The van der Waals surface area contributed by atoms with Gasteiger partial charge in [-0.15, -0.1) is 11.8 Å². The summed E-state index contributed by atoms with van der Waals surface area (Å²) in [6.45, 7) is 5.80. The zero-order valence-electron chi connectivity index (χ0n) is 15.9. The van der Waals surface area contributed by atoms with Gasteiger partial charge >= 0.3 is 0 Å². The van der Waals surface area contributed by atoms with Crippen LogP contribution in [0.3, 0.4) is 0 Å². The molecule has 2 N–H and O–H groups in total. The van der Waals surface area contributed by atoms with E-state index in [9.17, 15) is 9.59 Å². The molecule has 0 unspecified atom stereocenters. The van der Waals surface area contributed by atoms with Crippen LogP contribution < -0.4 is 20.3 Å². The lowest BCUT2D eigenvalue weighted by Crippen LogP contribution is -2.42. The number of carbonyl (C=O) groups excluding carboxylic acids is 2. The standard InChI is InChI=1S/C20H24N2O4S/c1-13(2)26-16-10-9-15(11-17(16)25-4)20(24)22-21-19(23)12-27-18-8-6-5-7-14(18)3/h5-11,13H,12H2,1-4H3,(H,21,23)(H,22,24). The van der Waals surface area contributed by atoms with Gasteiger partial charge < -0.3 is 9.47 Å². The highest BCUT2D eigenvalue weighted by Crippen LogP contribution is 2.29. The van der Waals surface area contributed by atoms with E-state index in [2.05, 4.69) is 10.9 Å². The lowest BCUT2D eigenvalue weighted by Gasteiger charge is -2.14. The fraction of sp³-hybridized carbons (Fsp3) is 0.300. The molecule has 0 bridgehead atoms. The molecular weight excluding hydrogens is 364 g/mol. The van der Waals surface area contributed by atoms with Crippen molar-refractivity contribution in [3.05, 3.63) is 53.6 Å². The molecule has 0 spiro atoms. The number of aryl methyl sites for hydroxylation is 1. The van der Waals surface area contributed by atoms with Gasteiger partial charge in [0.05, 0.1) is 19.0 Å². The van der Waals surface area contributed by atoms with Gasteiger partial charge in [0.25, 0.3) is 5.91 Å². The van der Waals surface area contributed by atoms with Crippen molar-refractivity contribution in [2.45, 2.75) is 31.8 Å². The number of hydrogen-bond donors (Lipinski definition) is 2. The van der Waals surface area contributed by atoms with Gasteiger partial charge in [0.2, 0.25) is 5.91 Å². The Morgan fingerprint density at radius 2 is 1.81 bits per heavy atom. The highest BCUT2D eigenvalue weighted by Gasteiger charge is 2.13. The van der Waals surface area contributed by atoms with Crippen LogP contribution in [0.2, 0.25) is 0 Å². The normalized spacial score (nSPS) is 10.4. The largest absolute Gasteiger partial charge is 0.493 e. The van der Waals surface area contributed by atoms with E-state index in [1.54, 1.807) is 18.2 Å². The number of ether oxygens (including phenoxy) is 2. The number of amides is 2. The van der Waals surface area contributed by atoms with Gasteiger partial charge in [-0.2, -0.15) is 0 Å². The molecule has 0 heterocycles. The van der Waals surface area contributed by atoms with Crippen LogP contribution in [0.15, 0.2) is 47.4 Å². The van der Waals surface area contributed by atoms with Crippen molar-refractivity contribution in [2.24, 2.45) is 0 Å². The first-order chi connectivity index (χ1) is 12.9. The molecular formula is C20H24N2O4S. The van der Waals surface area contributed by atoms with Gasteiger partial charge in [-0.1, -0.05) is 18.2 Å². The Kier molecular flexibility index (Phi) is 7.55. The van der Waals surface area contributed by atoms with Crippen LogP contribution in [0.1, 0.15) is 29.8 Å². The van der Waals surface area contributed by atoms with Gasteiger partial charge in [-0.05, 0) is 50.6 Å². The predicted molar refractivity (Wildman–Crippen MR) is 106 cm³/mol. The predicted octanol–water partition coefficient (Wildman–Crippen LogP) is 3.34. The summed E-state index contributed by atoms with van der Waals surface area (Å²) >= 11 is 1.42. The van der Waals surface area contributed by atoms with Gasteiger partial charge in [0.15, 0.2) is 11.5 Å². The average molecular weight is 388 g/mol.